The van der Waals surface area contributed by atoms with Crippen LogP contribution in [-0.2, 0) is 28.8 Å². The molecule has 4 heterocycles. The molecule has 3 atom stereocenters. The number of hydrogen-bond acceptors (Lipinski definition) is 15. The zero-order valence-corrected chi connectivity index (χ0v) is 27.0. The van der Waals surface area contributed by atoms with E-state index in [1.807, 2.05) is 0 Å². The smallest absolute Gasteiger partial charge is 0.352 e. The van der Waals surface area contributed by atoms with Crippen LogP contribution in [0.3, 0.4) is 0 Å². The molecular formula is C28H25N7O10S3. The number of thiazole rings is 1. The monoisotopic (exact) mass is 715 g/mol. The number of carboxylic acid groups (broad SMARTS) is 2. The minimum Gasteiger partial charge on any atom is -0.543 e. The van der Waals surface area contributed by atoms with Gasteiger partial charge in [-0.1, -0.05) is 15.9 Å². The highest BCUT2D eigenvalue weighted by Crippen LogP contribution is 2.41. The maximum atomic E-state index is 13.4. The number of carbonyl (C=O) groups is 5. The van der Waals surface area contributed by atoms with Crippen molar-refractivity contribution in [1.82, 2.24) is 15.2 Å². The molecule has 17 nitrogen and oxygen atoms in total. The van der Waals surface area contributed by atoms with Crippen molar-refractivity contribution in [3.05, 3.63) is 70.6 Å². The number of anilines is 1. The summed E-state index contributed by atoms with van der Waals surface area (Å²) in [7, 11) is 0. The van der Waals surface area contributed by atoms with Crippen molar-refractivity contribution in [2.75, 3.05) is 22.7 Å². The zero-order chi connectivity index (χ0) is 34.7. The van der Waals surface area contributed by atoms with Gasteiger partial charge in [-0.2, -0.15) is 0 Å². The molecule has 0 saturated carbocycles. The molecule has 1 aromatic carbocycles. The number of phenols is 2. The summed E-state index contributed by atoms with van der Waals surface area (Å²) in [4.78, 5) is 73.1. The Kier molecular flexibility index (Phi) is 10.1. The summed E-state index contributed by atoms with van der Waals surface area (Å²) in [5.41, 5.74) is 7.71. The third kappa shape index (κ3) is 7.29. The summed E-state index contributed by atoms with van der Waals surface area (Å²) in [6, 6.07) is 5.43. The van der Waals surface area contributed by atoms with Crippen molar-refractivity contribution < 1.29 is 53.9 Å². The van der Waals surface area contributed by atoms with E-state index >= 15 is 0 Å². The van der Waals surface area contributed by atoms with Gasteiger partial charge in [-0.15, -0.1) is 40.3 Å². The summed E-state index contributed by atoms with van der Waals surface area (Å²) in [6.45, 7) is 1.37. The Morgan fingerprint density at radius 2 is 1.96 bits per heavy atom. The van der Waals surface area contributed by atoms with Gasteiger partial charge in [0.25, 0.3) is 17.7 Å². The van der Waals surface area contributed by atoms with Gasteiger partial charge in [0.2, 0.25) is 18.5 Å². The molecule has 3 amide bonds. The Morgan fingerprint density at radius 3 is 2.56 bits per heavy atom. The van der Waals surface area contributed by atoms with Crippen LogP contribution in [0.1, 0.15) is 24.3 Å². The first-order chi connectivity index (χ1) is 22.8. The Labute approximate surface area is 283 Å². The number of fused-ring (bicyclic) bond motifs is 1. The van der Waals surface area contributed by atoms with Crippen LogP contribution in [0.25, 0.3) is 0 Å². The third-order valence-corrected chi connectivity index (χ3v) is 9.89. The second-order valence-electron chi connectivity index (χ2n) is 10.1. The lowest BCUT2D eigenvalue weighted by molar-refractivity contribution is -0.642. The van der Waals surface area contributed by atoms with Gasteiger partial charge in [0.15, 0.2) is 22.3 Å². The summed E-state index contributed by atoms with van der Waals surface area (Å²) in [5.74, 6) is -5.75. The molecule has 3 aromatic rings. The zero-order valence-electron chi connectivity index (χ0n) is 24.6. The second kappa shape index (κ2) is 14.2. The standard InChI is InChI=1S/C28H25N7O10S3/c1-12(36)32-34-6-4-15(5-7-34)46-9-14-10-47-25-20(24(40)35(25)21(14)26(41)42)31-23(39)19(16-11-48-28(29)30-16)33-45-22(27(43)44)13-2-3-17(37)18(38)8-13/h2-8,11,20,22,25H,9-10H2,1H3,(H7-,29,30,31,32,33,36,37,38,39,41,42,43,44)/t20-,22+,25-/m1/s1. The van der Waals surface area contributed by atoms with Crippen LogP contribution in [0, 0.1) is 0 Å². The number of aromatic hydroxyl groups is 2. The number of nitrogens with one attached hydrogen (secondary N) is 2. The number of carboxylic acids is 2. The molecule has 2 aliphatic heterocycles. The number of amides is 3. The first-order valence-corrected chi connectivity index (χ1v) is 16.6. The topological polar surface area (TPSA) is 261 Å². The van der Waals surface area contributed by atoms with Crippen LogP contribution >= 0.6 is 34.9 Å². The maximum absolute atomic E-state index is 13.4. The predicted octanol–water partition coefficient (Wildman–Crippen LogP) is -0.743. The molecule has 0 spiro atoms. The van der Waals surface area contributed by atoms with Crippen LogP contribution in [0.4, 0.5) is 5.13 Å². The number of carbonyl (C=O) groups excluding carboxylic acids is 4. The van der Waals surface area contributed by atoms with Crippen LogP contribution < -0.4 is 26.3 Å². The van der Waals surface area contributed by atoms with E-state index in [2.05, 4.69) is 20.9 Å². The molecule has 0 unspecified atom stereocenters. The first-order valence-electron chi connectivity index (χ1n) is 13.6. The molecule has 20 heteroatoms. The second-order valence-corrected chi connectivity index (χ2v) is 13.1. The fraction of sp³-hybridized carbons (Fsp3) is 0.214. The number of β-lactam (4-membered cyclic amide) rings is 1. The molecule has 1 fully saturated rings. The minimum absolute atomic E-state index is 0.0500. The number of aromatic nitrogens is 2. The van der Waals surface area contributed by atoms with E-state index in [-0.39, 0.29) is 39.5 Å². The van der Waals surface area contributed by atoms with Crippen LogP contribution in [0.15, 0.2) is 69.4 Å². The number of hydrogen-bond donors (Lipinski definition) is 6. The Morgan fingerprint density at radius 1 is 1.23 bits per heavy atom. The summed E-state index contributed by atoms with van der Waals surface area (Å²) in [6.07, 6.45) is 1.42. The van der Waals surface area contributed by atoms with Crippen molar-refractivity contribution in [2.45, 2.75) is 29.3 Å². The average Bonchev–Trinajstić information content (AvgIpc) is 3.47. The number of nitrogens with zero attached hydrogens (tertiary/aromatic N) is 4. The van der Waals surface area contributed by atoms with Gasteiger partial charge < -0.3 is 41.1 Å². The quantitative estimate of drug-likeness (QED) is 0.0337. The molecular weight excluding hydrogens is 691 g/mol. The average molecular weight is 716 g/mol. The predicted molar refractivity (Wildman–Crippen MR) is 169 cm³/mol. The summed E-state index contributed by atoms with van der Waals surface area (Å²) in [5, 5.41) is 48.1. The molecule has 0 bridgehead atoms. The van der Waals surface area contributed by atoms with Gasteiger partial charge in [-0.05, 0) is 17.7 Å². The number of benzene rings is 1. The maximum Gasteiger partial charge on any atom is 0.352 e. The molecule has 5 rings (SSSR count). The SMILES string of the molecule is CC(=O)N[n+]1ccc(SCC2=C(C(=O)[O-])N3C(=O)[C@@H](NC(=O)/C(=N\O[C@H](C(=O)O)c4ccc(O)c(O)c4)c4csc(N)n4)[C@H]3SC2)cc1. The molecule has 250 valence electrons. The largest absolute Gasteiger partial charge is 0.543 e. The van der Waals surface area contributed by atoms with Crippen molar-refractivity contribution in [2.24, 2.45) is 5.16 Å². The number of nitrogens with two attached hydrogens (primary N) is 1. The molecule has 2 aliphatic rings. The van der Waals surface area contributed by atoms with Gasteiger partial charge in [0, 0.05) is 46.4 Å². The van der Waals surface area contributed by atoms with E-state index in [4.69, 9.17) is 10.6 Å². The number of aliphatic carboxylic acids is 2. The van der Waals surface area contributed by atoms with E-state index in [0.717, 1.165) is 33.3 Å². The van der Waals surface area contributed by atoms with Gasteiger partial charge in [-0.25, -0.2) is 9.78 Å². The van der Waals surface area contributed by atoms with E-state index in [9.17, 15) is 44.4 Å². The molecule has 2 aromatic heterocycles. The van der Waals surface area contributed by atoms with Crippen molar-refractivity contribution in [3.63, 3.8) is 0 Å². The Bertz CT molecular complexity index is 1860. The summed E-state index contributed by atoms with van der Waals surface area (Å²) < 4.78 is 1.46. The van der Waals surface area contributed by atoms with E-state index in [1.165, 1.54) is 46.6 Å². The van der Waals surface area contributed by atoms with Crippen LogP contribution in [0.5, 0.6) is 11.5 Å². The number of phenolic OH excluding ortho intramolecular Hbond substituents is 2. The first kappa shape index (κ1) is 34.0. The molecule has 48 heavy (non-hydrogen) atoms. The van der Waals surface area contributed by atoms with Gasteiger partial charge in [0.05, 0.1) is 11.7 Å². The third-order valence-electron chi connectivity index (χ3n) is 6.78. The highest BCUT2D eigenvalue weighted by molar-refractivity contribution is 8.01. The number of nitrogen functional groups attached to an aromatic ring is 1. The molecule has 0 radical (unpaired) electrons. The van der Waals surface area contributed by atoms with Gasteiger partial charge in [0.1, 0.15) is 17.1 Å². The number of oxime groups is 1. The van der Waals surface area contributed by atoms with Crippen molar-refractivity contribution >= 4 is 75.4 Å². The van der Waals surface area contributed by atoms with E-state index < -0.39 is 58.5 Å². The lowest BCUT2D eigenvalue weighted by Gasteiger charge is -2.50. The molecule has 0 aliphatic carbocycles. The Hall–Kier alpha value is -5.34. The fourth-order valence-corrected chi connectivity index (χ4v) is 7.50. The molecule has 7 N–H and O–H groups in total. The number of thioether (sulfide) groups is 2. The van der Waals surface area contributed by atoms with Crippen molar-refractivity contribution in [1.29, 1.82) is 0 Å². The van der Waals surface area contributed by atoms with Crippen molar-refractivity contribution in [3.8, 4) is 11.5 Å². The Balaban J connectivity index is 1.32. The van der Waals surface area contributed by atoms with Gasteiger partial charge >= 0.3 is 5.97 Å². The van der Waals surface area contributed by atoms with Crippen LogP contribution in [0.2, 0.25) is 0 Å². The van der Waals surface area contributed by atoms with Crippen LogP contribution in [-0.4, -0.2) is 83.5 Å². The highest BCUT2D eigenvalue weighted by atomic mass is 32.2. The lowest BCUT2D eigenvalue weighted by Crippen LogP contribution is -2.71. The van der Waals surface area contributed by atoms with Gasteiger partial charge in [-0.3, -0.25) is 19.3 Å². The number of pyridine rings is 1. The minimum atomic E-state index is -1.83. The number of rotatable bonds is 12. The van der Waals surface area contributed by atoms with E-state index in [0.29, 0.717) is 5.57 Å². The normalized spacial score (nSPS) is 18.0. The highest BCUT2D eigenvalue weighted by Gasteiger charge is 2.53. The molecule has 1 saturated heterocycles. The summed E-state index contributed by atoms with van der Waals surface area (Å²) >= 11 is 3.50. The lowest BCUT2D eigenvalue weighted by atomic mass is 10.0. The fourth-order valence-electron chi connectivity index (χ4n) is 4.59. The van der Waals surface area contributed by atoms with E-state index in [1.54, 1.807) is 24.5 Å².